The van der Waals surface area contributed by atoms with Crippen LogP contribution in [-0.2, 0) is 0 Å². The minimum absolute atomic E-state index is 0.0905. The fourth-order valence-electron chi connectivity index (χ4n) is 2.29. The molecule has 3 nitrogen and oxygen atoms in total. The van der Waals surface area contributed by atoms with E-state index in [9.17, 15) is 17.6 Å². The Kier molecular flexibility index (Phi) is 5.90. The molecule has 0 saturated carbocycles. The summed E-state index contributed by atoms with van der Waals surface area (Å²) in [6, 6.07) is 5.06. The fraction of sp³-hybridized carbons (Fsp3) is 0.143. The summed E-state index contributed by atoms with van der Waals surface area (Å²) in [5, 5.41) is 0. The van der Waals surface area contributed by atoms with E-state index in [1.54, 1.807) is 0 Å². The summed E-state index contributed by atoms with van der Waals surface area (Å²) in [7, 11) is 0. The predicted octanol–water partition coefficient (Wildman–Crippen LogP) is 4.89. The quantitative estimate of drug-likeness (QED) is 0.473. The van der Waals surface area contributed by atoms with Crippen LogP contribution in [0.3, 0.4) is 0 Å². The van der Waals surface area contributed by atoms with E-state index >= 15 is 0 Å². The highest BCUT2D eigenvalue weighted by molar-refractivity contribution is 5.58. The maximum Gasteiger partial charge on any atom is 0.160 e. The lowest BCUT2D eigenvalue weighted by Crippen LogP contribution is -1.98. The van der Waals surface area contributed by atoms with Crippen molar-refractivity contribution in [3.63, 3.8) is 0 Å². The minimum Gasteiger partial charge on any atom is -0.490 e. The molecule has 0 saturated heterocycles. The molecule has 28 heavy (non-hydrogen) atoms. The summed E-state index contributed by atoms with van der Waals surface area (Å²) < 4.78 is 60.1. The number of hydrogen-bond donors (Lipinski definition) is 0. The molecule has 0 aliphatic rings. The third kappa shape index (κ3) is 4.46. The van der Waals surface area contributed by atoms with Crippen LogP contribution in [0.5, 0.6) is 5.75 Å². The van der Waals surface area contributed by atoms with Crippen LogP contribution in [0.2, 0.25) is 0 Å². The monoisotopic (exact) mass is 386 g/mol. The van der Waals surface area contributed by atoms with Gasteiger partial charge in [0.05, 0.1) is 24.6 Å². The average molecular weight is 386 g/mol. The van der Waals surface area contributed by atoms with Crippen molar-refractivity contribution < 1.29 is 22.3 Å². The predicted molar refractivity (Wildman–Crippen MR) is 95.5 cm³/mol. The van der Waals surface area contributed by atoms with Crippen molar-refractivity contribution in [1.29, 1.82) is 0 Å². The third-order valence-electron chi connectivity index (χ3n) is 3.65. The summed E-state index contributed by atoms with van der Waals surface area (Å²) in [6.07, 6.45) is 3.67. The molecule has 2 aromatic carbocycles. The van der Waals surface area contributed by atoms with Crippen LogP contribution in [0.15, 0.2) is 42.7 Å². The van der Waals surface area contributed by atoms with Gasteiger partial charge in [-0.2, -0.15) is 0 Å². The van der Waals surface area contributed by atoms with Crippen molar-refractivity contribution in [3.05, 3.63) is 77.1 Å². The Balaban J connectivity index is 1.87. The molecule has 142 valence electrons. The first-order chi connectivity index (χ1) is 13.5. The van der Waals surface area contributed by atoms with Crippen LogP contribution in [0.1, 0.15) is 24.5 Å². The third-order valence-corrected chi connectivity index (χ3v) is 3.65. The number of rotatable bonds is 4. The Morgan fingerprint density at radius 2 is 1.54 bits per heavy atom. The molecule has 3 rings (SSSR count). The standard InChI is InChI=1S/C21H14F4N2O/c1-2-7-28-15-11-26-21(27-12-15)14-9-18(23)16(19(24)10-14)5-3-13-4-6-17(22)20(25)8-13/h4,6,8-12H,2,7H2,1H3. The molecule has 1 aromatic heterocycles. The normalized spacial score (nSPS) is 10.3. The molecule has 3 aromatic rings. The van der Waals surface area contributed by atoms with Crippen LogP contribution in [0.25, 0.3) is 11.4 Å². The Morgan fingerprint density at radius 3 is 2.14 bits per heavy atom. The zero-order chi connectivity index (χ0) is 20.1. The maximum absolute atomic E-state index is 14.3. The molecule has 1 heterocycles. The molecular formula is C21H14F4N2O. The second-order valence-electron chi connectivity index (χ2n) is 5.78. The summed E-state index contributed by atoms with van der Waals surface area (Å²) in [5.74, 6) is 1.35. The Labute approximate surface area is 159 Å². The van der Waals surface area contributed by atoms with E-state index < -0.39 is 28.8 Å². The smallest absolute Gasteiger partial charge is 0.160 e. The van der Waals surface area contributed by atoms with Gasteiger partial charge >= 0.3 is 0 Å². The van der Waals surface area contributed by atoms with Crippen molar-refractivity contribution in [2.75, 3.05) is 6.61 Å². The van der Waals surface area contributed by atoms with E-state index in [0.717, 1.165) is 30.7 Å². The highest BCUT2D eigenvalue weighted by Gasteiger charge is 2.12. The number of aromatic nitrogens is 2. The molecule has 0 radical (unpaired) electrons. The number of nitrogens with zero attached hydrogens (tertiary/aromatic N) is 2. The van der Waals surface area contributed by atoms with Crippen molar-refractivity contribution in [1.82, 2.24) is 9.97 Å². The molecule has 0 spiro atoms. The maximum atomic E-state index is 14.3. The zero-order valence-corrected chi connectivity index (χ0v) is 14.8. The lowest BCUT2D eigenvalue weighted by Gasteiger charge is -2.06. The van der Waals surface area contributed by atoms with Crippen LogP contribution < -0.4 is 4.74 Å². The van der Waals surface area contributed by atoms with Crippen LogP contribution in [-0.4, -0.2) is 16.6 Å². The van der Waals surface area contributed by atoms with Gasteiger partial charge < -0.3 is 4.74 Å². The van der Waals surface area contributed by atoms with Gasteiger partial charge in [0.1, 0.15) is 11.6 Å². The highest BCUT2D eigenvalue weighted by Crippen LogP contribution is 2.22. The number of ether oxygens (including phenoxy) is 1. The number of benzene rings is 2. The van der Waals surface area contributed by atoms with E-state index in [0.29, 0.717) is 12.4 Å². The summed E-state index contributed by atoms with van der Waals surface area (Å²) in [5.41, 5.74) is -0.264. The minimum atomic E-state index is -1.09. The van der Waals surface area contributed by atoms with Gasteiger partial charge in [0.2, 0.25) is 0 Å². The molecule has 0 fully saturated rings. The average Bonchev–Trinajstić information content (AvgIpc) is 2.68. The van der Waals surface area contributed by atoms with Gasteiger partial charge in [-0.1, -0.05) is 18.8 Å². The van der Waals surface area contributed by atoms with E-state index in [1.165, 1.54) is 18.5 Å². The van der Waals surface area contributed by atoms with Gasteiger partial charge in [-0.25, -0.2) is 27.5 Å². The Hall–Kier alpha value is -3.40. The van der Waals surface area contributed by atoms with Gasteiger partial charge in [-0.05, 0) is 36.8 Å². The van der Waals surface area contributed by atoms with Gasteiger partial charge in [0.25, 0.3) is 0 Å². The van der Waals surface area contributed by atoms with Crippen molar-refractivity contribution in [2.24, 2.45) is 0 Å². The van der Waals surface area contributed by atoms with Gasteiger partial charge in [0, 0.05) is 11.1 Å². The first-order valence-electron chi connectivity index (χ1n) is 8.39. The molecule has 0 amide bonds. The zero-order valence-electron chi connectivity index (χ0n) is 14.8. The molecular weight excluding hydrogens is 372 g/mol. The SMILES string of the molecule is CCCOc1cnc(-c2cc(F)c(C#Cc3ccc(F)c(F)c3)c(F)c2)nc1. The lowest BCUT2D eigenvalue weighted by atomic mass is 10.1. The largest absolute Gasteiger partial charge is 0.490 e. The number of halogens is 4. The lowest BCUT2D eigenvalue weighted by molar-refractivity contribution is 0.315. The molecule has 0 aliphatic carbocycles. The van der Waals surface area contributed by atoms with E-state index in [4.69, 9.17) is 4.74 Å². The van der Waals surface area contributed by atoms with Gasteiger partial charge in [0.15, 0.2) is 23.2 Å². The second kappa shape index (κ2) is 8.53. The molecule has 7 heteroatoms. The van der Waals surface area contributed by atoms with Crippen LogP contribution in [0.4, 0.5) is 17.6 Å². The summed E-state index contributed by atoms with van der Waals surface area (Å²) in [4.78, 5) is 8.09. The van der Waals surface area contributed by atoms with Gasteiger partial charge in [-0.3, -0.25) is 0 Å². The molecule has 0 aliphatic heterocycles. The van der Waals surface area contributed by atoms with Crippen LogP contribution >= 0.6 is 0 Å². The second-order valence-corrected chi connectivity index (χ2v) is 5.78. The number of hydrogen-bond acceptors (Lipinski definition) is 3. The summed E-state index contributed by atoms with van der Waals surface area (Å²) >= 11 is 0. The van der Waals surface area contributed by atoms with Crippen molar-refractivity contribution in [2.45, 2.75) is 13.3 Å². The van der Waals surface area contributed by atoms with Gasteiger partial charge in [-0.15, -0.1) is 0 Å². The molecule has 0 bridgehead atoms. The Morgan fingerprint density at radius 1 is 0.857 bits per heavy atom. The van der Waals surface area contributed by atoms with E-state index in [2.05, 4.69) is 21.8 Å². The molecule has 0 atom stereocenters. The summed E-state index contributed by atoms with van der Waals surface area (Å²) in [6.45, 7) is 2.47. The highest BCUT2D eigenvalue weighted by atomic mass is 19.2. The first-order valence-corrected chi connectivity index (χ1v) is 8.39. The Bertz CT molecular complexity index is 1030. The van der Waals surface area contributed by atoms with E-state index in [1.807, 2.05) is 6.92 Å². The molecule has 0 N–H and O–H groups in total. The van der Waals surface area contributed by atoms with E-state index in [-0.39, 0.29) is 17.0 Å². The van der Waals surface area contributed by atoms with Crippen molar-refractivity contribution >= 4 is 0 Å². The topological polar surface area (TPSA) is 35.0 Å². The van der Waals surface area contributed by atoms with Crippen molar-refractivity contribution in [3.8, 4) is 29.0 Å². The fourth-order valence-corrected chi connectivity index (χ4v) is 2.29. The molecule has 0 unspecified atom stereocenters. The first kappa shape index (κ1) is 19.4. The van der Waals surface area contributed by atoms with Crippen LogP contribution in [0, 0.1) is 35.1 Å².